The second-order valence-electron chi connectivity index (χ2n) is 17.6. The van der Waals surface area contributed by atoms with Gasteiger partial charge in [-0.1, -0.05) is 66.2 Å². The van der Waals surface area contributed by atoms with Crippen LogP contribution in [0.4, 0.5) is 0 Å². The Bertz CT molecular complexity index is 2850. The molecule has 4 aliphatic rings. The monoisotopic (exact) mass is 951 g/mol. The van der Waals surface area contributed by atoms with Gasteiger partial charge >= 0.3 is 21.1 Å². The summed E-state index contributed by atoms with van der Waals surface area (Å²) in [6.45, 7) is 11.1. The van der Waals surface area contributed by atoms with E-state index in [1.165, 1.54) is 65.3 Å². The van der Waals surface area contributed by atoms with Crippen molar-refractivity contribution in [2.45, 2.75) is 72.1 Å². The minimum atomic E-state index is -0.0285. The Morgan fingerprint density at radius 1 is 0.661 bits per heavy atom. The molecule has 0 aliphatic heterocycles. The standard InChI is InChI=1S/C53H48N4O.Pt/c1-32-22-41(23-33(2)34(32)3)53(42-25-37-24-38(27-42)28-43(53)26-37)40-20-21-54-51(29-40)56-49-17-10-9-16-47(49)48-19-18-46(31-50(48)56)58-45-15-11-14-44(30-45)57-36(5)52(35(4)55-57)39-12-7-6-8-13-39;/h6-23,29,37-38,42-43H,24-28H2,1-5H3;/q-2;+2. The minimum Gasteiger partial charge on any atom is -0.509 e. The van der Waals surface area contributed by atoms with Crippen LogP contribution in [0.1, 0.15) is 71.3 Å². The van der Waals surface area contributed by atoms with Crippen molar-refractivity contribution in [3.63, 3.8) is 0 Å². The fourth-order valence-electron chi connectivity index (χ4n) is 11.9. The van der Waals surface area contributed by atoms with E-state index in [4.69, 9.17) is 14.8 Å². The Kier molecular flexibility index (Phi) is 9.33. The number of ether oxygens (including phenoxy) is 1. The fourth-order valence-corrected chi connectivity index (χ4v) is 11.9. The van der Waals surface area contributed by atoms with Crippen LogP contribution in [0.3, 0.4) is 0 Å². The minimum absolute atomic E-state index is 0. The van der Waals surface area contributed by atoms with E-state index in [2.05, 4.69) is 136 Å². The maximum Gasteiger partial charge on any atom is 2.00 e. The van der Waals surface area contributed by atoms with Crippen molar-refractivity contribution in [1.29, 1.82) is 0 Å². The first kappa shape index (κ1) is 38.0. The molecule has 0 radical (unpaired) electrons. The predicted molar refractivity (Wildman–Crippen MR) is 233 cm³/mol. The van der Waals surface area contributed by atoms with Crippen molar-refractivity contribution < 1.29 is 25.8 Å². The van der Waals surface area contributed by atoms with E-state index in [0.717, 1.165) is 62.3 Å². The molecular formula is C53H48N4OPt. The topological polar surface area (TPSA) is 44.9 Å². The summed E-state index contributed by atoms with van der Waals surface area (Å²) in [5.41, 5.74) is 14.3. The average molecular weight is 952 g/mol. The Hall–Kier alpha value is -5.25. The Labute approximate surface area is 361 Å². The van der Waals surface area contributed by atoms with E-state index in [1.54, 1.807) is 0 Å². The third-order valence-electron chi connectivity index (χ3n) is 14.4. The number of hydrogen-bond acceptors (Lipinski definition) is 3. The second-order valence-corrected chi connectivity index (χ2v) is 17.6. The van der Waals surface area contributed by atoms with Gasteiger partial charge in [-0.2, -0.15) is 17.2 Å². The van der Waals surface area contributed by atoms with Gasteiger partial charge in [0.15, 0.2) is 0 Å². The number of benzene rings is 5. The van der Waals surface area contributed by atoms with Gasteiger partial charge in [-0.3, -0.25) is 4.68 Å². The van der Waals surface area contributed by atoms with Crippen molar-refractivity contribution in [3.8, 4) is 34.1 Å². The number of pyridine rings is 1. The molecule has 8 aromatic rings. The summed E-state index contributed by atoms with van der Waals surface area (Å²) >= 11 is 0. The van der Waals surface area contributed by atoms with E-state index in [9.17, 15) is 0 Å². The number of rotatable bonds is 7. The molecule has 5 nitrogen and oxygen atoms in total. The molecule has 4 fully saturated rings. The van der Waals surface area contributed by atoms with Crippen LogP contribution in [0.5, 0.6) is 11.5 Å². The summed E-state index contributed by atoms with van der Waals surface area (Å²) < 4.78 is 10.9. The molecular weight excluding hydrogens is 904 g/mol. The summed E-state index contributed by atoms with van der Waals surface area (Å²) in [6.07, 6.45) is 8.80. The predicted octanol–water partition coefficient (Wildman–Crippen LogP) is 12.7. The first-order chi connectivity index (χ1) is 28.3. The summed E-state index contributed by atoms with van der Waals surface area (Å²) in [4.78, 5) is 5.15. The Morgan fingerprint density at radius 2 is 1.36 bits per heavy atom. The van der Waals surface area contributed by atoms with Crippen LogP contribution in [-0.2, 0) is 26.5 Å². The Morgan fingerprint density at radius 3 is 2.10 bits per heavy atom. The van der Waals surface area contributed by atoms with Crippen molar-refractivity contribution >= 4 is 21.8 Å². The Balaban J connectivity index is 0.00000420. The van der Waals surface area contributed by atoms with E-state index in [1.807, 2.05) is 35.0 Å². The molecule has 296 valence electrons. The molecule has 0 spiro atoms. The van der Waals surface area contributed by atoms with Crippen LogP contribution < -0.4 is 4.74 Å². The number of nitrogens with zero attached hydrogens (tertiary/aromatic N) is 4. The van der Waals surface area contributed by atoms with Gasteiger partial charge in [-0.25, -0.2) is 4.98 Å². The van der Waals surface area contributed by atoms with Gasteiger partial charge in [-0.05, 0) is 153 Å². The third-order valence-corrected chi connectivity index (χ3v) is 14.4. The SMILES string of the molecule is Cc1cc(C2(c3ccnc(-n4c5[c-]c(Oc6[c-]c(-n7nc(C)c(-c8ccccc8)c7C)ccc6)ccc5c5ccccc54)c3)C3CC4CC(C3)CC2C4)cc(C)c1C.[Pt+2]. The molecule has 0 N–H and O–H groups in total. The van der Waals surface area contributed by atoms with E-state index < -0.39 is 0 Å². The van der Waals surface area contributed by atoms with Crippen molar-refractivity contribution in [2.75, 3.05) is 0 Å². The van der Waals surface area contributed by atoms with E-state index in [0.29, 0.717) is 23.3 Å². The summed E-state index contributed by atoms with van der Waals surface area (Å²) in [7, 11) is 0. The number of hydrogen-bond donors (Lipinski definition) is 0. The third kappa shape index (κ3) is 5.98. The molecule has 0 unspecified atom stereocenters. The summed E-state index contributed by atoms with van der Waals surface area (Å²) in [6, 6.07) is 46.3. The van der Waals surface area contributed by atoms with Gasteiger partial charge in [0.1, 0.15) is 5.82 Å². The fraction of sp³-hybridized carbons (Fsp3) is 0.283. The van der Waals surface area contributed by atoms with E-state index in [-0.39, 0.29) is 26.5 Å². The summed E-state index contributed by atoms with van der Waals surface area (Å²) in [5.74, 6) is 5.17. The number of fused-ring (bicyclic) bond motifs is 3. The van der Waals surface area contributed by atoms with Gasteiger partial charge < -0.3 is 9.30 Å². The smallest absolute Gasteiger partial charge is 0.509 e. The van der Waals surface area contributed by atoms with Crippen LogP contribution >= 0.6 is 0 Å². The molecule has 59 heavy (non-hydrogen) atoms. The normalized spacial score (nSPS) is 21.9. The number of aromatic nitrogens is 4. The van der Waals surface area contributed by atoms with Crippen LogP contribution in [0.25, 0.3) is 44.4 Å². The molecule has 0 atom stereocenters. The number of para-hydroxylation sites is 1. The molecule has 0 amide bonds. The van der Waals surface area contributed by atoms with Crippen LogP contribution in [0, 0.1) is 70.4 Å². The summed E-state index contributed by atoms with van der Waals surface area (Å²) in [5, 5.41) is 7.23. The van der Waals surface area contributed by atoms with Gasteiger partial charge in [0.25, 0.3) is 0 Å². The zero-order valence-corrected chi connectivity index (χ0v) is 36.6. The first-order valence-corrected chi connectivity index (χ1v) is 21.1. The molecule has 3 aromatic heterocycles. The largest absolute Gasteiger partial charge is 2.00 e. The maximum absolute atomic E-state index is 6.60. The molecule has 0 saturated heterocycles. The zero-order chi connectivity index (χ0) is 39.3. The average Bonchev–Trinajstić information content (AvgIpc) is 3.72. The van der Waals surface area contributed by atoms with Gasteiger partial charge in [0.05, 0.1) is 5.69 Å². The molecule has 5 aromatic carbocycles. The first-order valence-electron chi connectivity index (χ1n) is 21.1. The quantitative estimate of drug-likeness (QED) is 0.150. The van der Waals surface area contributed by atoms with Crippen molar-refractivity contribution in [2.24, 2.45) is 23.7 Å². The van der Waals surface area contributed by atoms with Crippen LogP contribution in [0.2, 0.25) is 0 Å². The number of aryl methyl sites for hydroxylation is 3. The van der Waals surface area contributed by atoms with Gasteiger partial charge in [0, 0.05) is 39.9 Å². The van der Waals surface area contributed by atoms with Gasteiger partial charge in [-0.15, -0.1) is 35.7 Å². The molecule has 3 heterocycles. The van der Waals surface area contributed by atoms with E-state index >= 15 is 0 Å². The molecule has 4 aliphatic carbocycles. The molecule has 12 rings (SSSR count). The zero-order valence-electron chi connectivity index (χ0n) is 34.3. The van der Waals surface area contributed by atoms with Gasteiger partial charge in [0.2, 0.25) is 0 Å². The maximum atomic E-state index is 6.60. The molecule has 6 heteroatoms. The molecule has 4 bridgehead atoms. The van der Waals surface area contributed by atoms with Crippen LogP contribution in [0.15, 0.2) is 115 Å². The molecule has 4 saturated carbocycles. The second kappa shape index (κ2) is 14.5. The van der Waals surface area contributed by atoms with Crippen LogP contribution in [-0.4, -0.2) is 19.3 Å². The van der Waals surface area contributed by atoms with Crippen molar-refractivity contribution in [1.82, 2.24) is 19.3 Å². The van der Waals surface area contributed by atoms with Crippen molar-refractivity contribution in [3.05, 3.63) is 167 Å².